The number of fused-ring (bicyclic) bond motifs is 2. The zero-order valence-corrected chi connectivity index (χ0v) is 24.4. The molecule has 6 rings (SSSR count). The van der Waals surface area contributed by atoms with E-state index in [0.717, 1.165) is 40.8 Å². The van der Waals surface area contributed by atoms with Gasteiger partial charge in [0.25, 0.3) is 5.91 Å². The third-order valence-electron chi connectivity index (χ3n) is 8.62. The summed E-state index contributed by atoms with van der Waals surface area (Å²) in [6.07, 6.45) is 3.82. The number of aromatic amines is 1. The van der Waals surface area contributed by atoms with Gasteiger partial charge < -0.3 is 20.1 Å². The van der Waals surface area contributed by atoms with Crippen molar-refractivity contribution in [3.05, 3.63) is 95.7 Å². The molecule has 4 aromatic rings. The van der Waals surface area contributed by atoms with Gasteiger partial charge in [0.15, 0.2) is 0 Å². The van der Waals surface area contributed by atoms with E-state index in [9.17, 15) is 9.59 Å². The topological polar surface area (TPSA) is 68.4 Å². The number of hydrogen-bond acceptors (Lipinski definition) is 3. The van der Waals surface area contributed by atoms with Gasteiger partial charge in [0, 0.05) is 52.7 Å². The molecule has 41 heavy (non-hydrogen) atoms. The van der Waals surface area contributed by atoms with Gasteiger partial charge in [0.2, 0.25) is 5.91 Å². The number of benzene rings is 3. The van der Waals surface area contributed by atoms with Crippen LogP contribution in [0.4, 0.5) is 11.4 Å². The molecule has 3 aromatic carbocycles. The quantitative estimate of drug-likeness (QED) is 0.256. The Morgan fingerprint density at radius 1 is 0.927 bits per heavy atom. The summed E-state index contributed by atoms with van der Waals surface area (Å²) in [7, 11) is 0. The van der Waals surface area contributed by atoms with Crippen molar-refractivity contribution >= 4 is 34.1 Å². The van der Waals surface area contributed by atoms with E-state index in [-0.39, 0.29) is 23.8 Å². The summed E-state index contributed by atoms with van der Waals surface area (Å²) in [5.41, 5.74) is 5.57. The minimum absolute atomic E-state index is 0.0969. The van der Waals surface area contributed by atoms with Crippen LogP contribution in [-0.2, 0) is 4.79 Å². The van der Waals surface area contributed by atoms with Gasteiger partial charge in [-0.1, -0.05) is 64.1 Å². The van der Waals surface area contributed by atoms with Crippen LogP contribution in [0.3, 0.4) is 0 Å². The maximum Gasteiger partial charge on any atom is 0.255 e. The lowest BCUT2D eigenvalue weighted by Gasteiger charge is -2.36. The summed E-state index contributed by atoms with van der Waals surface area (Å²) in [4.78, 5) is 35.7. The fourth-order valence-electron chi connectivity index (χ4n) is 6.94. The van der Waals surface area contributed by atoms with E-state index in [1.165, 1.54) is 12.1 Å². The number of H-pyrrole nitrogens is 1. The zero-order valence-electron chi connectivity index (χ0n) is 24.4. The number of carbonyl (C=O) groups excluding carboxylic acids is 2. The second kappa shape index (κ2) is 11.1. The molecular weight excluding hydrogens is 508 g/mol. The number of nitrogens with one attached hydrogen (secondary N) is 2. The average molecular weight is 549 g/mol. The molecule has 2 aliphatic rings. The summed E-state index contributed by atoms with van der Waals surface area (Å²) >= 11 is 0. The molecule has 6 nitrogen and oxygen atoms in total. The predicted molar refractivity (Wildman–Crippen MR) is 166 cm³/mol. The molecule has 4 atom stereocenters. The van der Waals surface area contributed by atoms with Gasteiger partial charge in [0.05, 0.1) is 6.04 Å². The molecule has 1 saturated heterocycles. The predicted octanol–water partition coefficient (Wildman–Crippen LogP) is 7.25. The average Bonchev–Trinajstić information content (AvgIpc) is 3.50. The first-order valence-electron chi connectivity index (χ1n) is 14.9. The molecule has 2 N–H and O–H groups in total. The minimum Gasteiger partial charge on any atom is -0.371 e. The molecule has 2 aliphatic heterocycles. The van der Waals surface area contributed by atoms with E-state index < -0.39 is 6.04 Å². The van der Waals surface area contributed by atoms with Crippen molar-refractivity contribution in [1.29, 1.82) is 0 Å². The summed E-state index contributed by atoms with van der Waals surface area (Å²) in [5.74, 6) is 1.30. The Labute approximate surface area is 242 Å². The van der Waals surface area contributed by atoms with E-state index in [4.69, 9.17) is 0 Å². The van der Waals surface area contributed by atoms with Gasteiger partial charge in [-0.15, -0.1) is 0 Å². The van der Waals surface area contributed by atoms with Crippen LogP contribution in [0.5, 0.6) is 0 Å². The number of piperidine rings is 1. The third-order valence-corrected chi connectivity index (χ3v) is 8.62. The van der Waals surface area contributed by atoms with E-state index >= 15 is 0 Å². The van der Waals surface area contributed by atoms with Crippen molar-refractivity contribution in [3.8, 4) is 0 Å². The maximum atomic E-state index is 14.1. The van der Waals surface area contributed by atoms with Crippen molar-refractivity contribution in [1.82, 2.24) is 9.88 Å². The molecule has 0 bridgehead atoms. The van der Waals surface area contributed by atoms with Crippen molar-refractivity contribution in [2.75, 3.05) is 23.3 Å². The Kier molecular flexibility index (Phi) is 7.33. The highest BCUT2D eigenvalue weighted by molar-refractivity contribution is 6.05. The molecule has 4 unspecified atom stereocenters. The van der Waals surface area contributed by atoms with Crippen LogP contribution in [0.25, 0.3) is 10.9 Å². The van der Waals surface area contributed by atoms with Crippen LogP contribution in [0.1, 0.15) is 68.1 Å². The van der Waals surface area contributed by atoms with Crippen LogP contribution in [0.15, 0.2) is 79.0 Å². The maximum absolute atomic E-state index is 14.1. The molecule has 1 aromatic heterocycles. The molecule has 0 saturated carbocycles. The highest BCUT2D eigenvalue weighted by Gasteiger charge is 2.44. The Hall–Kier alpha value is -4.06. The summed E-state index contributed by atoms with van der Waals surface area (Å²) in [5, 5.41) is 4.23. The first kappa shape index (κ1) is 27.1. The summed E-state index contributed by atoms with van der Waals surface area (Å²) < 4.78 is 0. The Morgan fingerprint density at radius 3 is 2.34 bits per heavy atom. The number of para-hydroxylation sites is 1. The molecule has 212 valence electrons. The number of amides is 2. The molecule has 0 spiro atoms. The molecule has 2 amide bonds. The van der Waals surface area contributed by atoms with Gasteiger partial charge in [0.1, 0.15) is 6.04 Å². The van der Waals surface area contributed by atoms with Gasteiger partial charge in [-0.25, -0.2) is 0 Å². The monoisotopic (exact) mass is 548 g/mol. The van der Waals surface area contributed by atoms with E-state index in [1.807, 2.05) is 65.7 Å². The van der Waals surface area contributed by atoms with Gasteiger partial charge in [-0.05, 0) is 72.6 Å². The fraction of sp³-hybridized carbons (Fsp3) is 0.371. The minimum atomic E-state index is -0.628. The zero-order chi connectivity index (χ0) is 28.7. The molecule has 0 radical (unpaired) electrons. The van der Waals surface area contributed by atoms with Crippen molar-refractivity contribution in [2.24, 2.45) is 17.8 Å². The van der Waals surface area contributed by atoms with Crippen LogP contribution < -0.4 is 10.2 Å². The molecule has 6 heteroatoms. The van der Waals surface area contributed by atoms with Gasteiger partial charge in [-0.3, -0.25) is 9.59 Å². The Morgan fingerprint density at radius 2 is 1.61 bits per heavy atom. The van der Waals surface area contributed by atoms with Crippen LogP contribution in [-0.4, -0.2) is 40.8 Å². The van der Waals surface area contributed by atoms with Crippen LogP contribution in [0.2, 0.25) is 0 Å². The number of rotatable bonds is 7. The number of anilines is 2. The normalized spacial score (nSPS) is 21.4. The van der Waals surface area contributed by atoms with E-state index in [1.54, 1.807) is 0 Å². The van der Waals surface area contributed by atoms with Crippen LogP contribution >= 0.6 is 0 Å². The summed E-state index contributed by atoms with van der Waals surface area (Å²) in [6, 6.07) is 23.1. The second-order valence-corrected chi connectivity index (χ2v) is 12.5. The van der Waals surface area contributed by atoms with Crippen molar-refractivity contribution in [2.45, 2.75) is 52.6 Å². The number of aromatic nitrogens is 1. The highest BCUT2D eigenvalue weighted by atomic mass is 16.2. The standard InChI is InChI=1S/C35H40N4O2/c1-22(2)17-32(34(40)37-25-13-15-26(16-14-25)38-20-23(3)18-24(4)21-38)39-33(28-10-5-6-11-29(28)35(39)41)30-19-36-31-12-8-7-9-27(30)31/h5-16,19,22-24,32-33,36H,17-18,20-21H2,1-4H3,(H,37,40). The second-order valence-electron chi connectivity index (χ2n) is 12.5. The lowest BCUT2D eigenvalue weighted by molar-refractivity contribution is -0.121. The smallest absolute Gasteiger partial charge is 0.255 e. The van der Waals surface area contributed by atoms with E-state index in [2.05, 4.69) is 61.1 Å². The summed E-state index contributed by atoms with van der Waals surface area (Å²) in [6.45, 7) is 10.9. The Balaban J connectivity index is 1.31. The first-order valence-corrected chi connectivity index (χ1v) is 14.9. The molecular formula is C35H40N4O2. The lowest BCUT2D eigenvalue weighted by Crippen LogP contribution is -2.47. The molecule has 3 heterocycles. The SMILES string of the molecule is CC(C)CC(C(=O)Nc1ccc(N2CC(C)CC(C)C2)cc1)N1C(=O)c2ccccc2C1c1c[nH]c2ccccc12. The Bertz CT molecular complexity index is 1550. The lowest BCUT2D eigenvalue weighted by atomic mass is 9.91. The molecule has 1 fully saturated rings. The third kappa shape index (κ3) is 5.23. The first-order chi connectivity index (χ1) is 19.8. The number of carbonyl (C=O) groups is 2. The van der Waals surface area contributed by atoms with E-state index in [0.29, 0.717) is 23.8 Å². The fourth-order valence-corrected chi connectivity index (χ4v) is 6.94. The number of hydrogen-bond donors (Lipinski definition) is 2. The van der Waals surface area contributed by atoms with Gasteiger partial charge in [-0.2, -0.15) is 0 Å². The van der Waals surface area contributed by atoms with Crippen molar-refractivity contribution in [3.63, 3.8) is 0 Å². The molecule has 0 aliphatic carbocycles. The highest BCUT2D eigenvalue weighted by Crippen LogP contribution is 2.43. The van der Waals surface area contributed by atoms with Gasteiger partial charge >= 0.3 is 0 Å². The van der Waals surface area contributed by atoms with Crippen molar-refractivity contribution < 1.29 is 9.59 Å². The van der Waals surface area contributed by atoms with Crippen LogP contribution in [0, 0.1) is 17.8 Å². The number of nitrogens with zero attached hydrogens (tertiary/aromatic N) is 2. The largest absolute Gasteiger partial charge is 0.371 e.